The molecule has 0 saturated heterocycles. The molecule has 2 rings (SSSR count). The third-order valence-corrected chi connectivity index (χ3v) is 4.03. The summed E-state index contributed by atoms with van der Waals surface area (Å²) in [5.74, 6) is 0. The van der Waals surface area contributed by atoms with Crippen LogP contribution < -0.4 is 5.32 Å². The molecule has 4 heteroatoms. The number of hydrogen-bond acceptors (Lipinski definition) is 2. The Balaban J connectivity index is 2.22. The fraction of sp³-hybridized carbons (Fsp3) is 0.471. The third-order valence-electron chi connectivity index (χ3n) is 3.79. The molecule has 1 N–H and O–H groups in total. The van der Waals surface area contributed by atoms with E-state index < -0.39 is 0 Å². The number of aromatic nitrogens is 2. The molecule has 1 aromatic carbocycles. The fourth-order valence-corrected chi connectivity index (χ4v) is 2.98. The van der Waals surface area contributed by atoms with Crippen molar-refractivity contribution in [2.45, 2.75) is 46.7 Å². The quantitative estimate of drug-likeness (QED) is 0.864. The highest BCUT2D eigenvalue weighted by Gasteiger charge is 2.17. The lowest BCUT2D eigenvalue weighted by atomic mass is 10.1. The summed E-state index contributed by atoms with van der Waals surface area (Å²) in [6.07, 6.45) is 1.14. The molecule has 1 aromatic heterocycles. The molecule has 0 amide bonds. The van der Waals surface area contributed by atoms with Gasteiger partial charge in [0.2, 0.25) is 0 Å². The minimum Gasteiger partial charge on any atom is -0.310 e. The van der Waals surface area contributed by atoms with Crippen molar-refractivity contribution in [3.05, 3.63) is 51.8 Å². The van der Waals surface area contributed by atoms with Crippen LogP contribution in [0.25, 0.3) is 0 Å². The van der Waals surface area contributed by atoms with Gasteiger partial charge >= 0.3 is 0 Å². The minimum atomic E-state index is 0.332. The van der Waals surface area contributed by atoms with Crippen molar-refractivity contribution in [1.29, 1.82) is 0 Å². The van der Waals surface area contributed by atoms with Crippen LogP contribution >= 0.6 is 11.6 Å². The fourth-order valence-electron chi connectivity index (χ4n) is 2.76. The van der Waals surface area contributed by atoms with E-state index >= 15 is 0 Å². The molecule has 3 nitrogen and oxygen atoms in total. The molecule has 0 fully saturated rings. The number of halogens is 1. The molecule has 1 heterocycles. The summed E-state index contributed by atoms with van der Waals surface area (Å²) >= 11 is 6.06. The van der Waals surface area contributed by atoms with Gasteiger partial charge in [0.05, 0.1) is 12.2 Å². The van der Waals surface area contributed by atoms with Crippen molar-refractivity contribution in [2.75, 3.05) is 6.54 Å². The van der Waals surface area contributed by atoms with Gasteiger partial charge in [-0.3, -0.25) is 4.68 Å². The van der Waals surface area contributed by atoms with Gasteiger partial charge in [0.1, 0.15) is 0 Å². The summed E-state index contributed by atoms with van der Waals surface area (Å²) in [5, 5.41) is 9.01. The monoisotopic (exact) mass is 305 g/mol. The van der Waals surface area contributed by atoms with E-state index in [4.69, 9.17) is 16.7 Å². The maximum Gasteiger partial charge on any atom is 0.0663 e. The predicted octanol–water partition coefficient (Wildman–Crippen LogP) is 4.26. The maximum absolute atomic E-state index is 6.06. The van der Waals surface area contributed by atoms with Crippen LogP contribution in [0.4, 0.5) is 0 Å². The molecule has 0 bridgehead atoms. The largest absolute Gasteiger partial charge is 0.310 e. The Bertz CT molecular complexity index is 604. The minimum absolute atomic E-state index is 0.332. The lowest BCUT2D eigenvalue weighted by Crippen LogP contribution is -2.20. The SMILES string of the molecule is CCCNC(C)c1c(C)nn(Cc2cccc(Cl)c2)c1C. The normalized spacial score (nSPS) is 12.6. The first-order valence-corrected chi connectivity index (χ1v) is 7.92. The van der Waals surface area contributed by atoms with Gasteiger partial charge in [0.15, 0.2) is 0 Å². The highest BCUT2D eigenvalue weighted by atomic mass is 35.5. The lowest BCUT2D eigenvalue weighted by molar-refractivity contribution is 0.564. The van der Waals surface area contributed by atoms with Crippen LogP contribution in [0.3, 0.4) is 0 Å². The van der Waals surface area contributed by atoms with Crippen molar-refractivity contribution in [1.82, 2.24) is 15.1 Å². The topological polar surface area (TPSA) is 29.9 Å². The first-order valence-electron chi connectivity index (χ1n) is 7.54. The van der Waals surface area contributed by atoms with Crippen molar-refractivity contribution < 1.29 is 0 Å². The smallest absolute Gasteiger partial charge is 0.0663 e. The summed E-state index contributed by atoms with van der Waals surface area (Å²) in [7, 11) is 0. The molecular formula is C17H24ClN3. The Morgan fingerprint density at radius 1 is 1.33 bits per heavy atom. The van der Waals surface area contributed by atoms with Gasteiger partial charge in [0, 0.05) is 22.3 Å². The second-order valence-corrected chi connectivity index (χ2v) is 5.98. The number of aryl methyl sites for hydroxylation is 1. The number of hydrogen-bond donors (Lipinski definition) is 1. The van der Waals surface area contributed by atoms with Gasteiger partial charge in [0.25, 0.3) is 0 Å². The van der Waals surface area contributed by atoms with Crippen molar-refractivity contribution in [3.63, 3.8) is 0 Å². The Morgan fingerprint density at radius 3 is 2.76 bits per heavy atom. The summed E-state index contributed by atoms with van der Waals surface area (Å²) in [4.78, 5) is 0. The number of nitrogens with zero attached hydrogens (tertiary/aromatic N) is 2. The number of benzene rings is 1. The highest BCUT2D eigenvalue weighted by molar-refractivity contribution is 6.30. The molecule has 0 aliphatic carbocycles. The summed E-state index contributed by atoms with van der Waals surface area (Å²) in [5.41, 5.74) is 4.81. The van der Waals surface area contributed by atoms with Gasteiger partial charge in [-0.25, -0.2) is 0 Å². The Labute approximate surface area is 132 Å². The summed E-state index contributed by atoms with van der Waals surface area (Å²) in [6, 6.07) is 8.29. The molecule has 21 heavy (non-hydrogen) atoms. The van der Waals surface area contributed by atoms with Crippen LogP contribution in [-0.4, -0.2) is 16.3 Å². The van der Waals surface area contributed by atoms with Crippen LogP contribution in [0.5, 0.6) is 0 Å². The second kappa shape index (κ2) is 7.10. The molecule has 1 unspecified atom stereocenters. The molecule has 114 valence electrons. The van der Waals surface area contributed by atoms with Crippen LogP contribution in [0.2, 0.25) is 5.02 Å². The standard InChI is InChI=1S/C17H24ClN3/c1-5-9-19-12(2)17-13(3)20-21(14(17)4)11-15-7-6-8-16(18)10-15/h6-8,10,12,19H,5,9,11H2,1-4H3. The van der Waals surface area contributed by atoms with E-state index in [-0.39, 0.29) is 0 Å². The predicted molar refractivity (Wildman–Crippen MR) is 89.0 cm³/mol. The van der Waals surface area contributed by atoms with Gasteiger partial charge in [-0.2, -0.15) is 5.10 Å². The molecule has 1 atom stereocenters. The van der Waals surface area contributed by atoms with Gasteiger partial charge in [-0.05, 0) is 51.4 Å². The van der Waals surface area contributed by atoms with Crippen molar-refractivity contribution in [2.24, 2.45) is 0 Å². The van der Waals surface area contributed by atoms with Crippen LogP contribution in [0.15, 0.2) is 24.3 Å². The third kappa shape index (κ3) is 3.86. The zero-order valence-corrected chi connectivity index (χ0v) is 14.0. The average molecular weight is 306 g/mol. The first kappa shape index (κ1) is 16.1. The average Bonchev–Trinajstić information content (AvgIpc) is 2.71. The summed E-state index contributed by atoms with van der Waals surface area (Å²) < 4.78 is 2.07. The van der Waals surface area contributed by atoms with Crippen LogP contribution in [-0.2, 0) is 6.54 Å². The van der Waals surface area contributed by atoms with Crippen LogP contribution in [0.1, 0.15) is 48.8 Å². The number of rotatable bonds is 6. The van der Waals surface area contributed by atoms with Crippen molar-refractivity contribution >= 4 is 11.6 Å². The molecule has 0 saturated carbocycles. The van der Waals surface area contributed by atoms with E-state index in [2.05, 4.69) is 43.8 Å². The zero-order chi connectivity index (χ0) is 15.4. The Kier molecular flexibility index (Phi) is 5.43. The van der Waals surface area contributed by atoms with E-state index in [0.29, 0.717) is 6.04 Å². The molecule has 0 radical (unpaired) electrons. The molecule has 0 spiro atoms. The van der Waals surface area contributed by atoms with E-state index in [1.165, 1.54) is 16.8 Å². The van der Waals surface area contributed by atoms with Crippen molar-refractivity contribution in [3.8, 4) is 0 Å². The second-order valence-electron chi connectivity index (χ2n) is 5.55. The van der Waals surface area contributed by atoms with Gasteiger partial charge < -0.3 is 5.32 Å². The van der Waals surface area contributed by atoms with E-state index in [0.717, 1.165) is 30.2 Å². The molecule has 0 aliphatic heterocycles. The first-order chi connectivity index (χ1) is 10.0. The molecule has 2 aromatic rings. The lowest BCUT2D eigenvalue weighted by Gasteiger charge is -2.14. The molecule has 0 aliphatic rings. The summed E-state index contributed by atoms with van der Waals surface area (Å²) in [6.45, 7) is 10.4. The maximum atomic E-state index is 6.06. The zero-order valence-electron chi connectivity index (χ0n) is 13.3. The van der Waals surface area contributed by atoms with Crippen LogP contribution in [0, 0.1) is 13.8 Å². The van der Waals surface area contributed by atoms with Gasteiger partial charge in [-0.1, -0.05) is 30.7 Å². The van der Waals surface area contributed by atoms with E-state index in [9.17, 15) is 0 Å². The number of nitrogens with one attached hydrogen (secondary N) is 1. The van der Waals surface area contributed by atoms with E-state index in [1.807, 2.05) is 18.2 Å². The molecular weight excluding hydrogens is 282 g/mol. The Hall–Kier alpha value is -1.32. The van der Waals surface area contributed by atoms with E-state index in [1.54, 1.807) is 0 Å². The van der Waals surface area contributed by atoms with Gasteiger partial charge in [-0.15, -0.1) is 0 Å². The highest BCUT2D eigenvalue weighted by Crippen LogP contribution is 2.22. The Morgan fingerprint density at radius 2 is 2.10 bits per heavy atom.